The third kappa shape index (κ3) is 3.31. The van der Waals surface area contributed by atoms with Crippen molar-refractivity contribution in [3.63, 3.8) is 0 Å². The van der Waals surface area contributed by atoms with Crippen LogP contribution in [-0.4, -0.2) is 9.91 Å². The van der Waals surface area contributed by atoms with Gasteiger partial charge in [0.15, 0.2) is 0 Å². The van der Waals surface area contributed by atoms with Crippen LogP contribution in [0.1, 0.15) is 18.5 Å². The molecule has 0 radical (unpaired) electrons. The average Bonchev–Trinajstić information content (AvgIpc) is 2.41. The Labute approximate surface area is 123 Å². The van der Waals surface area contributed by atoms with Crippen LogP contribution in [0, 0.1) is 10.1 Å². The van der Waals surface area contributed by atoms with Gasteiger partial charge in [-0.25, -0.2) is 4.98 Å². The highest BCUT2D eigenvalue weighted by atomic mass is 79.9. The Morgan fingerprint density at radius 3 is 2.80 bits per heavy atom. The molecule has 6 nitrogen and oxygen atoms in total. The summed E-state index contributed by atoms with van der Waals surface area (Å²) < 4.78 is 6.09. The number of nitro benzene ring substituents is 1. The van der Waals surface area contributed by atoms with E-state index in [1.807, 2.05) is 6.92 Å². The summed E-state index contributed by atoms with van der Waals surface area (Å²) in [5, 5.41) is 11.0. The fourth-order valence-electron chi connectivity index (χ4n) is 1.60. The van der Waals surface area contributed by atoms with Crippen LogP contribution in [0.4, 0.5) is 5.69 Å². The normalized spacial score (nSPS) is 11.9. The maximum Gasteiger partial charge on any atom is 0.312 e. The van der Waals surface area contributed by atoms with Crippen molar-refractivity contribution in [2.75, 3.05) is 0 Å². The van der Waals surface area contributed by atoms with Crippen molar-refractivity contribution in [2.24, 2.45) is 5.73 Å². The topological polar surface area (TPSA) is 91.3 Å². The first-order valence-electron chi connectivity index (χ1n) is 5.80. The van der Waals surface area contributed by atoms with Crippen molar-refractivity contribution >= 4 is 21.6 Å². The summed E-state index contributed by atoms with van der Waals surface area (Å²) in [6.45, 7) is 1.83. The fourth-order valence-corrected chi connectivity index (χ4v) is 1.94. The first kappa shape index (κ1) is 14.4. The zero-order valence-electron chi connectivity index (χ0n) is 10.6. The second-order valence-electron chi connectivity index (χ2n) is 4.19. The summed E-state index contributed by atoms with van der Waals surface area (Å²) >= 11 is 3.19. The zero-order chi connectivity index (χ0) is 14.7. The Balaban J connectivity index is 2.35. The molecule has 2 aromatic rings. The van der Waals surface area contributed by atoms with Crippen LogP contribution >= 0.6 is 15.9 Å². The van der Waals surface area contributed by atoms with E-state index in [9.17, 15) is 10.1 Å². The van der Waals surface area contributed by atoms with Crippen LogP contribution in [0.3, 0.4) is 0 Å². The molecule has 0 fully saturated rings. The number of nitro groups is 1. The molecule has 0 aliphatic rings. The zero-order valence-corrected chi connectivity index (χ0v) is 12.2. The average molecular weight is 338 g/mol. The summed E-state index contributed by atoms with van der Waals surface area (Å²) in [5.41, 5.74) is 6.49. The molecule has 1 aromatic heterocycles. The van der Waals surface area contributed by atoms with E-state index in [0.29, 0.717) is 4.47 Å². The van der Waals surface area contributed by atoms with E-state index in [4.69, 9.17) is 10.5 Å². The molecule has 2 rings (SSSR count). The van der Waals surface area contributed by atoms with Crippen molar-refractivity contribution < 1.29 is 9.66 Å². The number of benzene rings is 1. The number of ether oxygens (including phenoxy) is 1. The molecule has 0 saturated heterocycles. The number of nitrogens with two attached hydrogens (primary N) is 1. The Kier molecular flexibility index (Phi) is 4.31. The molecule has 0 unspecified atom stereocenters. The van der Waals surface area contributed by atoms with Gasteiger partial charge in [0.05, 0.1) is 4.92 Å². The van der Waals surface area contributed by atoms with Gasteiger partial charge in [0, 0.05) is 28.8 Å². The Morgan fingerprint density at radius 2 is 2.15 bits per heavy atom. The first-order valence-corrected chi connectivity index (χ1v) is 6.60. The summed E-state index contributed by atoms with van der Waals surface area (Å²) in [7, 11) is 0. The molecule has 0 saturated carbocycles. The van der Waals surface area contributed by atoms with Crippen LogP contribution in [0.15, 0.2) is 41.0 Å². The molecule has 104 valence electrons. The molecular weight excluding hydrogens is 326 g/mol. The summed E-state index contributed by atoms with van der Waals surface area (Å²) in [6, 6.07) is 7.83. The van der Waals surface area contributed by atoms with E-state index in [1.165, 1.54) is 12.1 Å². The highest BCUT2D eigenvalue weighted by molar-refractivity contribution is 9.10. The molecule has 1 aromatic carbocycles. The van der Waals surface area contributed by atoms with Crippen LogP contribution in [0.25, 0.3) is 0 Å². The third-order valence-corrected chi connectivity index (χ3v) is 3.11. The van der Waals surface area contributed by atoms with Gasteiger partial charge in [-0.15, -0.1) is 0 Å². The number of rotatable bonds is 4. The summed E-state index contributed by atoms with van der Waals surface area (Å²) in [4.78, 5) is 14.5. The second-order valence-corrected chi connectivity index (χ2v) is 5.10. The van der Waals surface area contributed by atoms with Gasteiger partial charge in [-0.05, 0) is 30.7 Å². The lowest BCUT2D eigenvalue weighted by molar-refractivity contribution is -0.385. The van der Waals surface area contributed by atoms with E-state index in [0.717, 1.165) is 5.56 Å². The van der Waals surface area contributed by atoms with E-state index in [2.05, 4.69) is 20.9 Å². The number of hydrogen-bond acceptors (Lipinski definition) is 5. The number of aromatic nitrogens is 1. The number of halogens is 1. The fraction of sp³-hybridized carbons (Fsp3) is 0.154. The van der Waals surface area contributed by atoms with Crippen molar-refractivity contribution in [2.45, 2.75) is 13.0 Å². The first-order chi connectivity index (χ1) is 9.47. The lowest BCUT2D eigenvalue weighted by Gasteiger charge is -2.09. The third-order valence-electron chi connectivity index (χ3n) is 2.62. The van der Waals surface area contributed by atoms with Crippen LogP contribution in [-0.2, 0) is 0 Å². The monoisotopic (exact) mass is 337 g/mol. The van der Waals surface area contributed by atoms with Crippen molar-refractivity contribution in [1.29, 1.82) is 0 Å². The molecule has 7 heteroatoms. The molecule has 0 aliphatic carbocycles. The molecule has 20 heavy (non-hydrogen) atoms. The van der Waals surface area contributed by atoms with Gasteiger partial charge in [0.25, 0.3) is 0 Å². The van der Waals surface area contributed by atoms with Gasteiger partial charge >= 0.3 is 5.69 Å². The minimum atomic E-state index is -0.504. The number of nitrogens with zero attached hydrogens (tertiary/aromatic N) is 2. The smallest absolute Gasteiger partial charge is 0.312 e. The largest absolute Gasteiger partial charge is 0.432 e. The van der Waals surface area contributed by atoms with Gasteiger partial charge in [0.2, 0.25) is 11.6 Å². The molecule has 0 aliphatic heterocycles. The van der Waals surface area contributed by atoms with E-state index in [-0.39, 0.29) is 23.4 Å². The maximum atomic E-state index is 11.0. The second kappa shape index (κ2) is 5.98. The molecule has 0 spiro atoms. The maximum absolute atomic E-state index is 11.0. The molecular formula is C13H12BrN3O3. The highest BCUT2D eigenvalue weighted by Gasteiger charge is 2.17. The molecule has 0 bridgehead atoms. The Bertz CT molecular complexity index is 647. The SMILES string of the molecule is C[C@@H](N)c1ccnc(Oc2ccc(Br)cc2[N+](=O)[O-])c1. The van der Waals surface area contributed by atoms with Crippen LogP contribution < -0.4 is 10.5 Å². The van der Waals surface area contributed by atoms with Gasteiger partial charge in [-0.2, -0.15) is 0 Å². The van der Waals surface area contributed by atoms with Crippen LogP contribution in [0.5, 0.6) is 11.6 Å². The molecule has 1 atom stereocenters. The predicted octanol–water partition coefficient (Wildman–Crippen LogP) is 3.56. The Hall–Kier alpha value is -1.99. The van der Waals surface area contributed by atoms with Crippen molar-refractivity contribution in [1.82, 2.24) is 4.98 Å². The Morgan fingerprint density at radius 1 is 1.40 bits per heavy atom. The van der Waals surface area contributed by atoms with E-state index >= 15 is 0 Å². The van der Waals surface area contributed by atoms with E-state index in [1.54, 1.807) is 24.4 Å². The van der Waals surface area contributed by atoms with E-state index < -0.39 is 4.92 Å². The molecule has 1 heterocycles. The number of hydrogen-bond donors (Lipinski definition) is 1. The van der Waals surface area contributed by atoms with Gasteiger partial charge < -0.3 is 10.5 Å². The van der Waals surface area contributed by atoms with Crippen molar-refractivity contribution in [3.05, 3.63) is 56.7 Å². The van der Waals surface area contributed by atoms with Gasteiger partial charge in [-0.3, -0.25) is 10.1 Å². The number of pyridine rings is 1. The van der Waals surface area contributed by atoms with Crippen LogP contribution in [0.2, 0.25) is 0 Å². The predicted molar refractivity (Wildman–Crippen MR) is 77.7 cm³/mol. The lowest BCUT2D eigenvalue weighted by atomic mass is 10.1. The minimum Gasteiger partial charge on any atom is -0.432 e. The van der Waals surface area contributed by atoms with Gasteiger partial charge in [-0.1, -0.05) is 15.9 Å². The standard InChI is InChI=1S/C13H12BrN3O3/c1-8(15)9-4-5-16-13(6-9)20-12-3-2-10(14)7-11(12)17(18)19/h2-8H,15H2,1H3/t8-/m1/s1. The quantitative estimate of drug-likeness (QED) is 0.680. The summed E-state index contributed by atoms with van der Waals surface area (Å²) in [6.07, 6.45) is 1.55. The minimum absolute atomic E-state index is 0.132. The van der Waals surface area contributed by atoms with Crippen molar-refractivity contribution in [3.8, 4) is 11.6 Å². The molecule has 2 N–H and O–H groups in total. The lowest BCUT2D eigenvalue weighted by Crippen LogP contribution is -2.05. The molecule has 0 amide bonds. The highest BCUT2D eigenvalue weighted by Crippen LogP contribution is 2.33. The van der Waals surface area contributed by atoms with Gasteiger partial charge in [0.1, 0.15) is 0 Å². The summed E-state index contributed by atoms with van der Waals surface area (Å²) in [5.74, 6) is 0.401.